The Morgan fingerprint density at radius 3 is 2.56 bits per heavy atom. The van der Waals surface area contributed by atoms with Crippen LogP contribution in [0, 0.1) is 0 Å². The van der Waals surface area contributed by atoms with Gasteiger partial charge in [-0.3, -0.25) is 0 Å². The number of benzene rings is 2. The van der Waals surface area contributed by atoms with Crippen molar-refractivity contribution >= 4 is 40.0 Å². The number of rotatable bonds is 8. The van der Waals surface area contributed by atoms with Crippen LogP contribution in [0.2, 0.25) is 25.7 Å². The number of pyridine rings is 1. The van der Waals surface area contributed by atoms with Crippen LogP contribution < -0.4 is 5.14 Å². The van der Waals surface area contributed by atoms with Crippen molar-refractivity contribution in [1.82, 2.24) is 14.5 Å². The molecule has 0 radical (unpaired) electrons. The average Bonchev–Trinajstić information content (AvgIpc) is 3.45. The monoisotopic (exact) mass is 518 g/mol. The van der Waals surface area contributed by atoms with Gasteiger partial charge >= 0.3 is 0 Å². The van der Waals surface area contributed by atoms with E-state index < -0.39 is 18.1 Å². The van der Waals surface area contributed by atoms with E-state index in [0.717, 1.165) is 50.4 Å². The predicted octanol–water partition coefficient (Wildman–Crippen LogP) is 5.81. The summed E-state index contributed by atoms with van der Waals surface area (Å²) < 4.78 is 32.3. The maximum atomic E-state index is 12.1. The molecule has 3 N–H and O–H groups in total. The van der Waals surface area contributed by atoms with E-state index in [0.29, 0.717) is 13.3 Å². The zero-order valence-corrected chi connectivity index (χ0v) is 22.5. The molecule has 5 aromatic rings. The van der Waals surface area contributed by atoms with Gasteiger partial charge in [0.1, 0.15) is 12.4 Å². The molecule has 2 aromatic carbocycles. The second-order valence-electron chi connectivity index (χ2n) is 10.2. The first-order chi connectivity index (χ1) is 17.1. The molecule has 5 rings (SSSR count). The largest absolute Gasteiger partial charge is 0.361 e. The number of nitrogens with zero attached hydrogens (tertiary/aromatic N) is 2. The van der Waals surface area contributed by atoms with Crippen molar-refractivity contribution in [3.05, 3.63) is 73.1 Å². The molecule has 7 nitrogen and oxygen atoms in total. The van der Waals surface area contributed by atoms with E-state index in [2.05, 4.69) is 48.9 Å². The Bertz CT molecular complexity index is 1670. The van der Waals surface area contributed by atoms with Crippen LogP contribution in [-0.4, -0.2) is 37.6 Å². The molecule has 0 saturated heterocycles. The zero-order chi connectivity index (χ0) is 25.5. The normalized spacial score (nSPS) is 12.6. The quantitative estimate of drug-likeness (QED) is 0.200. The van der Waals surface area contributed by atoms with Crippen LogP contribution in [0.15, 0.2) is 78.0 Å². The van der Waals surface area contributed by atoms with E-state index in [1.165, 1.54) is 6.07 Å². The lowest BCUT2D eigenvalue weighted by molar-refractivity contribution is 0.0909. The highest BCUT2D eigenvalue weighted by molar-refractivity contribution is 7.89. The molecule has 0 spiro atoms. The van der Waals surface area contributed by atoms with Crippen molar-refractivity contribution in [2.24, 2.45) is 5.14 Å². The molecular formula is C27H30N4O3SSi. The molecular weight excluding hydrogens is 488 g/mol. The first-order valence-corrected chi connectivity index (χ1v) is 17.1. The predicted molar refractivity (Wildman–Crippen MR) is 148 cm³/mol. The summed E-state index contributed by atoms with van der Waals surface area (Å²) in [4.78, 5) is 8.07. The van der Waals surface area contributed by atoms with Crippen LogP contribution in [0.25, 0.3) is 44.3 Å². The molecule has 0 bridgehead atoms. The fourth-order valence-electron chi connectivity index (χ4n) is 4.44. The van der Waals surface area contributed by atoms with Gasteiger partial charge in [-0.2, -0.15) is 0 Å². The second-order valence-corrected chi connectivity index (χ2v) is 17.4. The molecule has 9 heteroatoms. The van der Waals surface area contributed by atoms with Crippen molar-refractivity contribution in [1.29, 1.82) is 0 Å². The van der Waals surface area contributed by atoms with E-state index in [-0.39, 0.29) is 4.90 Å². The van der Waals surface area contributed by atoms with Gasteiger partial charge in [-0.1, -0.05) is 43.9 Å². The highest BCUT2D eigenvalue weighted by Gasteiger charge is 2.19. The number of primary sulfonamides is 1. The lowest BCUT2D eigenvalue weighted by Crippen LogP contribution is -2.22. The third-order valence-corrected chi connectivity index (χ3v) is 8.97. The fourth-order valence-corrected chi connectivity index (χ4v) is 5.76. The molecule has 0 aliphatic carbocycles. The van der Waals surface area contributed by atoms with Crippen LogP contribution in [0.5, 0.6) is 0 Å². The van der Waals surface area contributed by atoms with Crippen LogP contribution in [-0.2, 0) is 21.5 Å². The van der Waals surface area contributed by atoms with Gasteiger partial charge in [-0.05, 0) is 59.1 Å². The second kappa shape index (κ2) is 9.33. The third kappa shape index (κ3) is 4.87. The van der Waals surface area contributed by atoms with Gasteiger partial charge in [-0.25, -0.2) is 18.5 Å². The summed E-state index contributed by atoms with van der Waals surface area (Å²) in [6, 6.07) is 20.1. The van der Waals surface area contributed by atoms with Crippen molar-refractivity contribution in [2.75, 3.05) is 6.61 Å². The van der Waals surface area contributed by atoms with Gasteiger partial charge in [0.05, 0.1) is 10.6 Å². The van der Waals surface area contributed by atoms with E-state index in [1.54, 1.807) is 12.1 Å². The van der Waals surface area contributed by atoms with Crippen LogP contribution in [0.3, 0.4) is 0 Å². The van der Waals surface area contributed by atoms with E-state index >= 15 is 0 Å². The van der Waals surface area contributed by atoms with Gasteiger partial charge in [0, 0.05) is 43.4 Å². The summed E-state index contributed by atoms with van der Waals surface area (Å²) in [6.45, 7) is 7.94. The van der Waals surface area contributed by atoms with Crippen LogP contribution in [0.1, 0.15) is 0 Å². The first-order valence-electron chi connectivity index (χ1n) is 11.9. The number of hydrogen-bond acceptors (Lipinski definition) is 4. The number of hydrogen-bond donors (Lipinski definition) is 2. The maximum Gasteiger partial charge on any atom is 0.238 e. The molecule has 0 fully saturated rings. The Morgan fingerprint density at radius 1 is 1.00 bits per heavy atom. The smallest absolute Gasteiger partial charge is 0.238 e. The zero-order valence-electron chi connectivity index (χ0n) is 20.7. The number of nitrogens with one attached hydrogen (secondary N) is 1. The summed E-state index contributed by atoms with van der Waals surface area (Å²) in [5.41, 5.74) is 5.55. The summed E-state index contributed by atoms with van der Waals surface area (Å²) in [5.74, 6) is 0. The molecule has 186 valence electrons. The summed E-state index contributed by atoms with van der Waals surface area (Å²) in [6.07, 6.45) is 3.75. The molecule has 0 amide bonds. The average molecular weight is 519 g/mol. The Balaban J connectivity index is 1.67. The lowest BCUT2D eigenvalue weighted by atomic mass is 10.00. The number of aromatic amines is 1. The minimum atomic E-state index is -3.84. The van der Waals surface area contributed by atoms with Gasteiger partial charge in [0.2, 0.25) is 10.0 Å². The topological polar surface area (TPSA) is 103 Å². The number of nitrogens with two attached hydrogens (primary N) is 1. The number of sulfonamides is 1. The molecule has 0 unspecified atom stereocenters. The molecule has 0 aliphatic rings. The number of H-pyrrole nitrogens is 1. The summed E-state index contributed by atoms with van der Waals surface area (Å²) in [5, 5.41) is 7.52. The standard InChI is InChI=1S/C27H30N4O3SSi/c1-36(2,3)15-14-34-18-31-26(19-6-4-7-20(16-19)35(28,32)33)17-24-22(10-13-30-27(24)31)21-8-5-9-25-23(21)11-12-29-25/h4-13,16-17,29H,14-15,18H2,1-3H3,(H2,28,32,33). The minimum absolute atomic E-state index is 0.0710. The minimum Gasteiger partial charge on any atom is -0.361 e. The van der Waals surface area contributed by atoms with Gasteiger partial charge in [-0.15, -0.1) is 0 Å². The van der Waals surface area contributed by atoms with Crippen LogP contribution in [0.4, 0.5) is 0 Å². The molecule has 36 heavy (non-hydrogen) atoms. The third-order valence-electron chi connectivity index (χ3n) is 6.36. The molecule has 0 atom stereocenters. The van der Waals surface area contributed by atoms with Gasteiger partial charge < -0.3 is 14.3 Å². The fraction of sp³-hybridized carbons (Fsp3) is 0.222. The van der Waals surface area contributed by atoms with Crippen molar-refractivity contribution < 1.29 is 13.2 Å². The number of aromatic nitrogens is 3. The first kappa shape index (κ1) is 24.5. The summed E-state index contributed by atoms with van der Waals surface area (Å²) >= 11 is 0. The van der Waals surface area contributed by atoms with Crippen molar-refractivity contribution in [3.8, 4) is 22.4 Å². The SMILES string of the molecule is C[Si](C)(C)CCOCn1c(-c2cccc(S(N)(=O)=O)c2)cc2c(-c3cccc4[nH]ccc34)ccnc21. The molecule has 3 aromatic heterocycles. The van der Waals surface area contributed by atoms with E-state index in [1.807, 2.05) is 35.2 Å². The molecule has 3 heterocycles. The Morgan fingerprint density at radius 2 is 1.78 bits per heavy atom. The lowest BCUT2D eigenvalue weighted by Gasteiger charge is -2.17. The highest BCUT2D eigenvalue weighted by Crippen LogP contribution is 2.37. The number of fused-ring (bicyclic) bond motifs is 2. The van der Waals surface area contributed by atoms with Gasteiger partial charge in [0.25, 0.3) is 0 Å². The summed E-state index contributed by atoms with van der Waals surface area (Å²) in [7, 11) is -5.08. The Labute approximate surface area is 212 Å². The van der Waals surface area contributed by atoms with Crippen molar-refractivity contribution in [2.45, 2.75) is 37.3 Å². The van der Waals surface area contributed by atoms with Gasteiger partial charge in [0.15, 0.2) is 0 Å². The number of ether oxygens (including phenoxy) is 1. The molecule has 0 saturated carbocycles. The van der Waals surface area contributed by atoms with Crippen molar-refractivity contribution in [3.63, 3.8) is 0 Å². The van der Waals surface area contributed by atoms with E-state index in [4.69, 9.17) is 14.9 Å². The maximum absolute atomic E-state index is 12.1. The van der Waals surface area contributed by atoms with E-state index in [9.17, 15) is 8.42 Å². The highest BCUT2D eigenvalue weighted by atomic mass is 32.2. The van der Waals surface area contributed by atoms with Crippen LogP contribution >= 0.6 is 0 Å². The Kier molecular flexibility index (Phi) is 6.33. The molecule has 0 aliphatic heterocycles. The Hall–Kier alpha value is -3.24.